The van der Waals surface area contributed by atoms with E-state index in [9.17, 15) is 12.8 Å². The second kappa shape index (κ2) is 8.17. The number of halogens is 1. The van der Waals surface area contributed by atoms with Gasteiger partial charge in [0.2, 0.25) is 15.2 Å². The minimum Gasteiger partial charge on any atom is -0.344 e. The van der Waals surface area contributed by atoms with Gasteiger partial charge in [0, 0.05) is 44.1 Å². The molecule has 0 saturated carbocycles. The Morgan fingerprint density at radius 2 is 1.66 bits per heavy atom. The van der Waals surface area contributed by atoms with E-state index < -0.39 is 10.0 Å². The summed E-state index contributed by atoms with van der Waals surface area (Å²) in [6.45, 7) is 3.88. The number of hydrogen-bond donors (Lipinski definition) is 0. The van der Waals surface area contributed by atoms with Crippen LogP contribution in [0.3, 0.4) is 0 Å². The van der Waals surface area contributed by atoms with Gasteiger partial charge in [-0.1, -0.05) is 29.8 Å². The number of nitrogens with zero attached hydrogens (tertiary/aromatic N) is 4. The summed E-state index contributed by atoms with van der Waals surface area (Å²) in [5.41, 5.74) is 1.98. The lowest BCUT2D eigenvalue weighted by molar-refractivity contribution is 0.384. The number of anilines is 1. The molecule has 2 heterocycles. The quantitative estimate of drug-likeness (QED) is 0.620. The SMILES string of the molecule is Cc1ccc(S(=O)(=O)N2CCN(c3nc(Cc4ccc(F)cc4)ns3)CC2)cc1. The number of benzene rings is 2. The Morgan fingerprint density at radius 3 is 2.31 bits per heavy atom. The summed E-state index contributed by atoms with van der Waals surface area (Å²) in [6, 6.07) is 13.2. The lowest BCUT2D eigenvalue weighted by Gasteiger charge is -2.33. The highest BCUT2D eigenvalue weighted by molar-refractivity contribution is 7.89. The first-order valence-electron chi connectivity index (χ1n) is 9.30. The first-order chi connectivity index (χ1) is 13.9. The molecule has 0 radical (unpaired) electrons. The molecular formula is C20H21FN4O2S2. The van der Waals surface area contributed by atoms with Gasteiger partial charge in [0.25, 0.3) is 0 Å². The maximum absolute atomic E-state index is 13.0. The molecule has 0 N–H and O–H groups in total. The van der Waals surface area contributed by atoms with E-state index in [-0.39, 0.29) is 5.82 Å². The highest BCUT2D eigenvalue weighted by Crippen LogP contribution is 2.23. The third-order valence-corrected chi connectivity index (χ3v) is 7.63. The van der Waals surface area contributed by atoms with Crippen molar-refractivity contribution >= 4 is 26.7 Å². The monoisotopic (exact) mass is 432 g/mol. The first kappa shape index (κ1) is 19.9. The molecule has 0 bridgehead atoms. The summed E-state index contributed by atoms with van der Waals surface area (Å²) in [5, 5.41) is 0.787. The van der Waals surface area contributed by atoms with Gasteiger partial charge in [-0.05, 0) is 36.8 Å². The van der Waals surface area contributed by atoms with Crippen LogP contribution in [0.25, 0.3) is 0 Å². The van der Waals surface area contributed by atoms with Crippen LogP contribution in [0.1, 0.15) is 17.0 Å². The van der Waals surface area contributed by atoms with E-state index in [0.29, 0.717) is 43.3 Å². The van der Waals surface area contributed by atoms with E-state index in [1.807, 2.05) is 19.1 Å². The van der Waals surface area contributed by atoms with Gasteiger partial charge in [-0.2, -0.15) is 8.68 Å². The van der Waals surface area contributed by atoms with Crippen molar-refractivity contribution in [3.05, 3.63) is 71.3 Å². The van der Waals surface area contributed by atoms with E-state index in [2.05, 4.69) is 14.3 Å². The van der Waals surface area contributed by atoms with Crippen LogP contribution in [0.4, 0.5) is 9.52 Å². The van der Waals surface area contributed by atoms with Crippen molar-refractivity contribution in [1.82, 2.24) is 13.7 Å². The van der Waals surface area contributed by atoms with Crippen molar-refractivity contribution in [1.29, 1.82) is 0 Å². The molecule has 2 aromatic carbocycles. The number of aryl methyl sites for hydroxylation is 1. The summed E-state index contributed by atoms with van der Waals surface area (Å²) < 4.78 is 44.6. The fraction of sp³-hybridized carbons (Fsp3) is 0.300. The predicted molar refractivity (Wildman–Crippen MR) is 111 cm³/mol. The van der Waals surface area contributed by atoms with E-state index in [0.717, 1.165) is 16.3 Å². The number of aromatic nitrogens is 2. The lowest BCUT2D eigenvalue weighted by atomic mass is 10.1. The van der Waals surface area contributed by atoms with Gasteiger partial charge in [-0.3, -0.25) is 0 Å². The zero-order valence-electron chi connectivity index (χ0n) is 16.0. The summed E-state index contributed by atoms with van der Waals surface area (Å²) in [4.78, 5) is 6.97. The number of sulfonamides is 1. The van der Waals surface area contributed by atoms with Crippen LogP contribution in [0, 0.1) is 12.7 Å². The van der Waals surface area contributed by atoms with Crippen molar-refractivity contribution in [3.63, 3.8) is 0 Å². The minimum absolute atomic E-state index is 0.265. The van der Waals surface area contributed by atoms with E-state index in [4.69, 9.17) is 0 Å². The molecular weight excluding hydrogens is 411 g/mol. The van der Waals surface area contributed by atoms with Crippen LogP contribution in [0.2, 0.25) is 0 Å². The second-order valence-electron chi connectivity index (χ2n) is 7.00. The van der Waals surface area contributed by atoms with Gasteiger partial charge >= 0.3 is 0 Å². The van der Waals surface area contributed by atoms with Crippen molar-refractivity contribution in [2.24, 2.45) is 0 Å². The molecule has 29 heavy (non-hydrogen) atoms. The number of piperazine rings is 1. The molecule has 1 aliphatic rings. The molecule has 0 atom stereocenters. The van der Waals surface area contributed by atoms with Crippen molar-refractivity contribution in [3.8, 4) is 0 Å². The van der Waals surface area contributed by atoms with Crippen LogP contribution < -0.4 is 4.90 Å². The molecule has 0 unspecified atom stereocenters. The average molecular weight is 433 g/mol. The van der Waals surface area contributed by atoms with Gasteiger partial charge in [0.15, 0.2) is 0 Å². The fourth-order valence-corrected chi connectivity index (χ4v) is 5.37. The highest BCUT2D eigenvalue weighted by atomic mass is 32.2. The zero-order valence-corrected chi connectivity index (χ0v) is 17.6. The Bertz CT molecular complexity index is 1070. The van der Waals surface area contributed by atoms with Crippen LogP contribution in [-0.4, -0.2) is 48.3 Å². The molecule has 6 nitrogen and oxygen atoms in total. The van der Waals surface area contributed by atoms with Gasteiger partial charge < -0.3 is 4.90 Å². The molecule has 9 heteroatoms. The van der Waals surface area contributed by atoms with Gasteiger partial charge in [-0.15, -0.1) is 0 Å². The van der Waals surface area contributed by atoms with Crippen LogP contribution in [-0.2, 0) is 16.4 Å². The molecule has 152 valence electrons. The third kappa shape index (κ3) is 4.47. The summed E-state index contributed by atoms with van der Waals surface area (Å²) in [6.07, 6.45) is 0.540. The minimum atomic E-state index is -3.48. The Kier molecular flexibility index (Phi) is 5.62. The molecule has 0 spiro atoms. The predicted octanol–water partition coefficient (Wildman–Crippen LogP) is 3.09. The standard InChI is InChI=1S/C20H21FN4O2S2/c1-15-2-8-18(9-3-15)29(26,27)25-12-10-24(11-13-25)20-22-19(23-28-20)14-16-4-6-17(21)7-5-16/h2-9H,10-14H2,1H3. The van der Waals surface area contributed by atoms with Crippen molar-refractivity contribution in [2.45, 2.75) is 18.2 Å². The maximum Gasteiger partial charge on any atom is 0.243 e. The third-order valence-electron chi connectivity index (χ3n) is 4.90. The average Bonchev–Trinajstić information content (AvgIpc) is 3.19. The lowest BCUT2D eigenvalue weighted by Crippen LogP contribution is -2.48. The van der Waals surface area contributed by atoms with Gasteiger partial charge in [0.05, 0.1) is 4.90 Å². The normalized spacial score (nSPS) is 15.6. The van der Waals surface area contributed by atoms with E-state index >= 15 is 0 Å². The Morgan fingerprint density at radius 1 is 1.00 bits per heavy atom. The van der Waals surface area contributed by atoms with Gasteiger partial charge in [-0.25, -0.2) is 17.8 Å². The largest absolute Gasteiger partial charge is 0.344 e. The number of hydrogen-bond acceptors (Lipinski definition) is 6. The molecule has 3 aromatic rings. The van der Waals surface area contributed by atoms with E-state index in [1.54, 1.807) is 24.3 Å². The van der Waals surface area contributed by atoms with Crippen molar-refractivity contribution < 1.29 is 12.8 Å². The Balaban J connectivity index is 1.39. The van der Waals surface area contributed by atoms with Crippen LogP contribution in [0.5, 0.6) is 0 Å². The van der Waals surface area contributed by atoms with Crippen molar-refractivity contribution in [2.75, 3.05) is 31.1 Å². The van der Waals surface area contributed by atoms with Crippen LogP contribution >= 0.6 is 11.5 Å². The molecule has 1 aromatic heterocycles. The summed E-state index contributed by atoms with van der Waals surface area (Å²) >= 11 is 1.31. The molecule has 0 amide bonds. The van der Waals surface area contributed by atoms with Gasteiger partial charge in [0.1, 0.15) is 11.6 Å². The smallest absolute Gasteiger partial charge is 0.243 e. The number of rotatable bonds is 5. The van der Waals surface area contributed by atoms with E-state index in [1.165, 1.54) is 28.0 Å². The molecule has 0 aliphatic carbocycles. The Labute approximate surface area is 173 Å². The Hall–Kier alpha value is -2.36. The summed E-state index contributed by atoms with van der Waals surface area (Å²) in [5.74, 6) is 0.422. The first-order valence-corrected chi connectivity index (χ1v) is 11.5. The van der Waals surface area contributed by atoms with Crippen LogP contribution in [0.15, 0.2) is 53.4 Å². The molecule has 1 fully saturated rings. The topological polar surface area (TPSA) is 66.4 Å². The fourth-order valence-electron chi connectivity index (χ4n) is 3.21. The highest BCUT2D eigenvalue weighted by Gasteiger charge is 2.29. The molecule has 1 saturated heterocycles. The second-order valence-corrected chi connectivity index (χ2v) is 9.67. The molecule has 4 rings (SSSR count). The molecule has 1 aliphatic heterocycles. The zero-order chi connectivity index (χ0) is 20.4. The maximum atomic E-state index is 13.0. The summed E-state index contributed by atoms with van der Waals surface area (Å²) in [7, 11) is -3.48.